The van der Waals surface area contributed by atoms with Gasteiger partial charge in [-0.1, -0.05) is 5.16 Å². The standard InChI is InChI=1S/C16H16BrNO5/c1-21-15-11(17)6-9(13-8-12(16(19)20)18-23-13)7-14(15)22-10-4-2-3-5-10/h6-8,10H,2-5H2,1H3,(H,19,20). The van der Waals surface area contributed by atoms with Gasteiger partial charge in [0.25, 0.3) is 0 Å². The summed E-state index contributed by atoms with van der Waals surface area (Å²) in [7, 11) is 1.58. The summed E-state index contributed by atoms with van der Waals surface area (Å²) < 4.78 is 17.3. The van der Waals surface area contributed by atoms with Crippen LogP contribution in [-0.4, -0.2) is 29.4 Å². The number of hydrogen-bond acceptors (Lipinski definition) is 5. The molecule has 1 aromatic heterocycles. The summed E-state index contributed by atoms with van der Waals surface area (Å²) in [5.41, 5.74) is 0.538. The number of halogens is 1. The molecule has 0 radical (unpaired) electrons. The summed E-state index contributed by atoms with van der Waals surface area (Å²) in [6.45, 7) is 0. The molecule has 0 saturated heterocycles. The number of rotatable bonds is 5. The predicted octanol–water partition coefficient (Wildman–Crippen LogP) is 4.13. The van der Waals surface area contributed by atoms with Crippen LogP contribution in [0.2, 0.25) is 0 Å². The van der Waals surface area contributed by atoms with Gasteiger partial charge in [0, 0.05) is 11.6 Å². The van der Waals surface area contributed by atoms with Crippen molar-refractivity contribution in [1.82, 2.24) is 5.16 Å². The maximum atomic E-state index is 10.9. The first-order valence-corrected chi connectivity index (χ1v) is 8.12. The number of carbonyl (C=O) groups is 1. The molecule has 1 saturated carbocycles. The van der Waals surface area contributed by atoms with Crippen molar-refractivity contribution in [2.45, 2.75) is 31.8 Å². The van der Waals surface area contributed by atoms with Gasteiger partial charge < -0.3 is 19.1 Å². The van der Waals surface area contributed by atoms with Crippen LogP contribution in [0.5, 0.6) is 11.5 Å². The smallest absolute Gasteiger partial charge is 0.358 e. The van der Waals surface area contributed by atoms with E-state index in [2.05, 4.69) is 21.1 Å². The summed E-state index contributed by atoms with van der Waals surface area (Å²) in [6, 6.07) is 4.95. The molecular formula is C16H16BrNO5. The summed E-state index contributed by atoms with van der Waals surface area (Å²) in [4.78, 5) is 10.9. The molecule has 1 N–H and O–H groups in total. The Morgan fingerprint density at radius 3 is 2.70 bits per heavy atom. The topological polar surface area (TPSA) is 81.8 Å². The minimum atomic E-state index is -1.13. The largest absolute Gasteiger partial charge is 0.492 e. The highest BCUT2D eigenvalue weighted by molar-refractivity contribution is 9.10. The molecule has 7 heteroatoms. The van der Waals surface area contributed by atoms with E-state index in [1.54, 1.807) is 19.2 Å². The van der Waals surface area contributed by atoms with Crippen molar-refractivity contribution < 1.29 is 23.9 Å². The van der Waals surface area contributed by atoms with Gasteiger partial charge in [0.1, 0.15) is 0 Å². The monoisotopic (exact) mass is 381 g/mol. The molecule has 0 aliphatic heterocycles. The Bertz CT molecular complexity index is 721. The van der Waals surface area contributed by atoms with E-state index >= 15 is 0 Å². The van der Waals surface area contributed by atoms with Gasteiger partial charge in [-0.05, 0) is 53.7 Å². The molecular weight excluding hydrogens is 366 g/mol. The van der Waals surface area contributed by atoms with Crippen LogP contribution < -0.4 is 9.47 Å². The lowest BCUT2D eigenvalue weighted by molar-refractivity contribution is 0.0686. The Balaban J connectivity index is 1.96. The third-order valence-electron chi connectivity index (χ3n) is 3.82. The minimum absolute atomic E-state index is 0.134. The third kappa shape index (κ3) is 3.34. The first kappa shape index (κ1) is 15.9. The highest BCUT2D eigenvalue weighted by atomic mass is 79.9. The molecule has 122 valence electrons. The van der Waals surface area contributed by atoms with Gasteiger partial charge in [0.05, 0.1) is 17.7 Å². The normalized spacial score (nSPS) is 14.9. The summed E-state index contributed by atoms with van der Waals surface area (Å²) in [5, 5.41) is 12.5. The molecule has 2 aromatic rings. The van der Waals surface area contributed by atoms with Crippen LogP contribution in [0.15, 0.2) is 27.2 Å². The highest BCUT2D eigenvalue weighted by Gasteiger charge is 2.21. The van der Waals surface area contributed by atoms with Crippen molar-refractivity contribution in [2.24, 2.45) is 0 Å². The van der Waals surface area contributed by atoms with Crippen LogP contribution in [0.4, 0.5) is 0 Å². The molecule has 6 nitrogen and oxygen atoms in total. The molecule has 0 unspecified atom stereocenters. The number of methoxy groups -OCH3 is 1. The fourth-order valence-corrected chi connectivity index (χ4v) is 3.30. The molecule has 0 bridgehead atoms. The van der Waals surface area contributed by atoms with E-state index in [1.807, 2.05) is 0 Å². The number of ether oxygens (including phenoxy) is 2. The fourth-order valence-electron chi connectivity index (χ4n) is 2.69. The summed E-state index contributed by atoms with van der Waals surface area (Å²) in [5.74, 6) is 0.452. The second-order valence-corrected chi connectivity index (χ2v) is 6.25. The van der Waals surface area contributed by atoms with E-state index in [0.29, 0.717) is 27.3 Å². The Hall–Kier alpha value is -2.02. The lowest BCUT2D eigenvalue weighted by atomic mass is 10.1. The van der Waals surface area contributed by atoms with E-state index < -0.39 is 5.97 Å². The van der Waals surface area contributed by atoms with Crippen LogP contribution in [0, 0.1) is 0 Å². The number of nitrogens with zero attached hydrogens (tertiary/aromatic N) is 1. The zero-order valence-electron chi connectivity index (χ0n) is 12.5. The molecule has 1 aliphatic carbocycles. The molecule has 0 spiro atoms. The van der Waals surface area contributed by atoms with Crippen LogP contribution in [0.25, 0.3) is 11.3 Å². The van der Waals surface area contributed by atoms with Crippen LogP contribution >= 0.6 is 15.9 Å². The van der Waals surface area contributed by atoms with Crippen molar-refractivity contribution in [3.63, 3.8) is 0 Å². The number of aromatic nitrogens is 1. The lowest BCUT2D eigenvalue weighted by Crippen LogP contribution is -2.11. The Morgan fingerprint density at radius 2 is 2.09 bits per heavy atom. The van der Waals surface area contributed by atoms with Crippen molar-refractivity contribution in [2.75, 3.05) is 7.11 Å². The van der Waals surface area contributed by atoms with Gasteiger partial charge in [0.15, 0.2) is 23.0 Å². The average Bonchev–Trinajstić information content (AvgIpc) is 3.18. The molecule has 0 atom stereocenters. The Labute approximate surface area is 141 Å². The summed E-state index contributed by atoms with van der Waals surface area (Å²) >= 11 is 3.46. The van der Waals surface area contributed by atoms with Gasteiger partial charge in [-0.2, -0.15) is 0 Å². The molecule has 3 rings (SSSR count). The zero-order valence-corrected chi connectivity index (χ0v) is 14.1. The van der Waals surface area contributed by atoms with Gasteiger partial charge in [0.2, 0.25) is 0 Å². The SMILES string of the molecule is COc1c(Br)cc(-c2cc(C(=O)O)no2)cc1OC1CCCC1. The van der Waals surface area contributed by atoms with Crippen LogP contribution in [-0.2, 0) is 0 Å². The van der Waals surface area contributed by atoms with Crippen molar-refractivity contribution in [3.8, 4) is 22.8 Å². The quantitative estimate of drug-likeness (QED) is 0.837. The molecule has 1 aromatic carbocycles. The van der Waals surface area contributed by atoms with Gasteiger partial charge in [-0.25, -0.2) is 4.79 Å². The van der Waals surface area contributed by atoms with Gasteiger partial charge in [-0.3, -0.25) is 0 Å². The lowest BCUT2D eigenvalue weighted by Gasteiger charge is -2.17. The first-order chi connectivity index (χ1) is 11.1. The van der Waals surface area contributed by atoms with Crippen LogP contribution in [0.3, 0.4) is 0 Å². The number of hydrogen-bond donors (Lipinski definition) is 1. The van der Waals surface area contributed by atoms with Crippen LogP contribution in [0.1, 0.15) is 36.2 Å². The number of carboxylic acid groups (broad SMARTS) is 1. The second kappa shape index (κ2) is 6.62. The van der Waals surface area contributed by atoms with Gasteiger partial charge >= 0.3 is 5.97 Å². The second-order valence-electron chi connectivity index (χ2n) is 5.40. The fraction of sp³-hybridized carbons (Fsp3) is 0.375. The summed E-state index contributed by atoms with van der Waals surface area (Å²) in [6.07, 6.45) is 4.55. The van der Waals surface area contributed by atoms with E-state index in [4.69, 9.17) is 19.1 Å². The molecule has 1 heterocycles. The van der Waals surface area contributed by atoms with E-state index in [9.17, 15) is 4.79 Å². The zero-order chi connectivity index (χ0) is 16.4. The van der Waals surface area contributed by atoms with Gasteiger partial charge in [-0.15, -0.1) is 0 Å². The molecule has 1 aliphatic rings. The average molecular weight is 382 g/mol. The van der Waals surface area contributed by atoms with Crippen molar-refractivity contribution >= 4 is 21.9 Å². The van der Waals surface area contributed by atoms with Crippen molar-refractivity contribution in [1.29, 1.82) is 0 Å². The predicted molar refractivity (Wildman–Crippen MR) is 86.0 cm³/mol. The Morgan fingerprint density at radius 1 is 1.35 bits per heavy atom. The molecule has 23 heavy (non-hydrogen) atoms. The van der Waals surface area contributed by atoms with Crippen molar-refractivity contribution in [3.05, 3.63) is 28.4 Å². The van der Waals surface area contributed by atoms with E-state index in [1.165, 1.54) is 6.07 Å². The van der Waals surface area contributed by atoms with E-state index in [-0.39, 0.29) is 11.8 Å². The third-order valence-corrected chi connectivity index (χ3v) is 4.41. The maximum absolute atomic E-state index is 10.9. The Kier molecular flexibility index (Phi) is 4.56. The number of aromatic carboxylic acids is 1. The highest BCUT2D eigenvalue weighted by Crippen LogP contribution is 2.41. The minimum Gasteiger partial charge on any atom is -0.492 e. The number of carboxylic acids is 1. The maximum Gasteiger partial charge on any atom is 0.358 e. The first-order valence-electron chi connectivity index (χ1n) is 7.33. The van der Waals surface area contributed by atoms with E-state index in [0.717, 1.165) is 25.7 Å². The number of benzene rings is 1. The molecule has 0 amide bonds. The molecule has 1 fully saturated rings.